The number of hydrogen-bond acceptors (Lipinski definition) is 1. The molecule has 0 amide bonds. The molecule has 0 N–H and O–H groups in total. The monoisotopic (exact) mass is 554 g/mol. The molecule has 0 unspecified atom stereocenters. The van der Waals surface area contributed by atoms with Crippen molar-refractivity contribution >= 4 is 13.2 Å². The van der Waals surface area contributed by atoms with Gasteiger partial charge in [0.2, 0.25) is 0 Å². The molecule has 33 heavy (non-hydrogen) atoms. The molecule has 2 aromatic rings. The van der Waals surface area contributed by atoms with Crippen LogP contribution in [0.3, 0.4) is 0 Å². The van der Waals surface area contributed by atoms with Gasteiger partial charge >= 0.3 is 20.4 Å². The molecule has 0 bridgehead atoms. The molecule has 0 saturated heterocycles. The van der Waals surface area contributed by atoms with Crippen molar-refractivity contribution in [2.45, 2.75) is 75.5 Å². The van der Waals surface area contributed by atoms with Crippen LogP contribution in [0.15, 0.2) is 79.9 Å². The molecule has 3 heteroatoms. The largest absolute Gasteiger partial charge is 2.00 e. The Kier molecular flexibility index (Phi) is 14.2. The zero-order valence-electron chi connectivity index (χ0n) is 20.1. The molecule has 2 aliphatic carbocycles. The van der Waals surface area contributed by atoms with Crippen LogP contribution in [-0.2, 0) is 25.2 Å². The molecule has 1 nitrogen and oxygen atoms in total. The fraction of sp³-hybridized carbons (Fsp3) is 0.467. The Labute approximate surface area is 217 Å². The number of benzene rings is 2. The van der Waals surface area contributed by atoms with Gasteiger partial charge in [0.25, 0.3) is 0 Å². The van der Waals surface area contributed by atoms with Gasteiger partial charge in [-0.15, -0.1) is 13.2 Å². The maximum atomic E-state index is 4.90. The van der Waals surface area contributed by atoms with E-state index in [1.807, 2.05) is 0 Å². The number of rotatable bonds is 8. The first-order chi connectivity index (χ1) is 15.8. The second-order valence-corrected chi connectivity index (χ2v) is 11.7. The van der Waals surface area contributed by atoms with Crippen LogP contribution < -0.4 is 5.30 Å². The molecule has 4 rings (SSSR count). The summed E-state index contributed by atoms with van der Waals surface area (Å²) in [6.07, 6.45) is 18.1. The van der Waals surface area contributed by atoms with Crippen LogP contribution in [-0.4, -0.2) is 24.5 Å². The molecule has 180 valence electrons. The second kappa shape index (κ2) is 16.6. The van der Waals surface area contributed by atoms with E-state index >= 15 is 0 Å². The summed E-state index contributed by atoms with van der Waals surface area (Å²) in [5.41, 5.74) is 4.87. The van der Waals surface area contributed by atoms with Gasteiger partial charge in [-0.05, 0) is 53.4 Å². The van der Waals surface area contributed by atoms with E-state index in [0.29, 0.717) is 13.2 Å². The van der Waals surface area contributed by atoms with Crippen molar-refractivity contribution < 1.29 is 25.2 Å². The molecule has 0 aliphatic heterocycles. The maximum absolute atomic E-state index is 4.90. The van der Waals surface area contributed by atoms with Gasteiger partial charge in [0.1, 0.15) is 0 Å². The van der Waals surface area contributed by atoms with Crippen molar-refractivity contribution in [1.29, 1.82) is 0 Å². The van der Waals surface area contributed by atoms with Gasteiger partial charge in [-0.25, -0.2) is 0 Å². The molecule has 0 radical (unpaired) electrons. The summed E-state index contributed by atoms with van der Waals surface area (Å²) in [7, 11) is -0.0365. The predicted octanol–water partition coefficient (Wildman–Crippen LogP) is 8.50. The first-order valence-electron chi connectivity index (χ1n) is 12.6. The Bertz CT molecular complexity index is 768. The maximum Gasteiger partial charge on any atom is 2.00 e. The number of ether oxygens (including phenoxy) is 1. The second-order valence-electron chi connectivity index (χ2n) is 8.99. The molecule has 2 saturated carbocycles. The predicted molar refractivity (Wildman–Crippen MR) is 143 cm³/mol. The van der Waals surface area contributed by atoms with Crippen molar-refractivity contribution in [3.8, 4) is 11.1 Å². The van der Waals surface area contributed by atoms with E-state index in [1.165, 1.54) is 75.3 Å². The van der Waals surface area contributed by atoms with Gasteiger partial charge in [0.05, 0.1) is 13.2 Å². The third-order valence-electron chi connectivity index (χ3n) is 6.67. The van der Waals surface area contributed by atoms with Crippen LogP contribution >= 0.6 is 7.92 Å². The molecule has 0 spiro atoms. The van der Waals surface area contributed by atoms with Crippen LogP contribution in [0.5, 0.6) is 0 Å². The van der Waals surface area contributed by atoms with Gasteiger partial charge in [-0.2, -0.15) is 0 Å². The van der Waals surface area contributed by atoms with Crippen LogP contribution in [0.2, 0.25) is 0 Å². The summed E-state index contributed by atoms with van der Waals surface area (Å²) in [5.74, 6) is 0. The quantitative estimate of drug-likeness (QED) is 0.138. The van der Waals surface area contributed by atoms with Gasteiger partial charge in [-0.3, -0.25) is 0 Å². The molecule has 2 aliphatic rings. The van der Waals surface area contributed by atoms with Gasteiger partial charge in [0, 0.05) is 0 Å². The van der Waals surface area contributed by atoms with Crippen molar-refractivity contribution in [2.24, 2.45) is 0 Å². The zero-order chi connectivity index (χ0) is 22.4. The molecule has 0 atom stereocenters. The smallest absolute Gasteiger partial charge is 0.373 e. The Morgan fingerprint density at radius 1 is 0.697 bits per heavy atom. The Hall–Kier alpha value is -1.03. The average molecular weight is 555 g/mol. The van der Waals surface area contributed by atoms with E-state index < -0.39 is 0 Å². The minimum absolute atomic E-state index is 0. The fourth-order valence-electron chi connectivity index (χ4n) is 5.21. The van der Waals surface area contributed by atoms with Gasteiger partial charge < -0.3 is 4.74 Å². The molecular weight excluding hydrogens is 514 g/mol. The van der Waals surface area contributed by atoms with Crippen LogP contribution in [0.4, 0.5) is 0 Å². The van der Waals surface area contributed by atoms with Gasteiger partial charge in [-0.1, -0.05) is 113 Å². The summed E-state index contributed by atoms with van der Waals surface area (Å²) < 4.78 is 4.90. The first kappa shape index (κ1) is 28.2. The normalized spacial score (nSPS) is 16.9. The molecule has 2 fully saturated rings. The summed E-state index contributed by atoms with van der Waals surface area (Å²) in [6, 6.07) is 20.5. The Morgan fingerprint density at radius 3 is 1.70 bits per heavy atom. The number of hydrogen-bond donors (Lipinski definition) is 0. The van der Waals surface area contributed by atoms with E-state index in [2.05, 4.69) is 67.8 Å². The van der Waals surface area contributed by atoms with E-state index in [0.717, 1.165) is 11.3 Å². The van der Waals surface area contributed by atoms with Crippen LogP contribution in [0.25, 0.3) is 11.1 Å². The Morgan fingerprint density at radius 2 is 1.18 bits per heavy atom. The molecular formula is C30H41OPPd+2. The van der Waals surface area contributed by atoms with E-state index in [4.69, 9.17) is 4.74 Å². The Balaban J connectivity index is 0.000000423. The summed E-state index contributed by atoms with van der Waals surface area (Å²) in [5, 5.41) is 1.71. The van der Waals surface area contributed by atoms with Crippen molar-refractivity contribution in [3.63, 3.8) is 0 Å². The fourth-order valence-corrected chi connectivity index (χ4v) is 9.17. The zero-order valence-corrected chi connectivity index (χ0v) is 22.5. The minimum Gasteiger partial charge on any atom is -0.373 e. The van der Waals surface area contributed by atoms with Gasteiger partial charge in [0.15, 0.2) is 0 Å². The van der Waals surface area contributed by atoms with E-state index in [9.17, 15) is 0 Å². The van der Waals surface area contributed by atoms with E-state index in [-0.39, 0.29) is 28.3 Å². The first-order valence-corrected chi connectivity index (χ1v) is 14.1. The SMILES string of the molecule is C=CCOCC=C.[Pd+2].c1ccc(-c2ccccc2P(C2CCCCC2)C2CCCCC2)cc1. The molecule has 0 heterocycles. The van der Waals surface area contributed by atoms with Crippen molar-refractivity contribution in [3.05, 3.63) is 79.9 Å². The van der Waals surface area contributed by atoms with Crippen LogP contribution in [0.1, 0.15) is 64.2 Å². The topological polar surface area (TPSA) is 9.23 Å². The van der Waals surface area contributed by atoms with E-state index in [1.54, 1.807) is 17.5 Å². The molecule has 0 aromatic heterocycles. The molecule has 2 aromatic carbocycles. The van der Waals surface area contributed by atoms with Crippen LogP contribution in [0, 0.1) is 0 Å². The third kappa shape index (κ3) is 8.92. The summed E-state index contributed by atoms with van der Waals surface area (Å²) in [4.78, 5) is 0. The van der Waals surface area contributed by atoms with Crippen molar-refractivity contribution in [1.82, 2.24) is 0 Å². The summed E-state index contributed by atoms with van der Waals surface area (Å²) >= 11 is 0. The summed E-state index contributed by atoms with van der Waals surface area (Å²) in [6.45, 7) is 8.18. The minimum atomic E-state index is -0.0365. The van der Waals surface area contributed by atoms with Crippen molar-refractivity contribution in [2.75, 3.05) is 13.2 Å². The standard InChI is InChI=1S/C24H31P.C6H10O.Pd/c1-4-12-20(13-5-1)23-18-10-11-19-24(23)25(21-14-6-2-7-15-21)22-16-8-3-9-17-22;1-3-5-7-6-4-2;/h1,4-5,10-13,18-19,21-22H,2-3,6-9,14-17H2;3-4H,1-2,5-6H2;/q;;+2. The average Bonchev–Trinajstić information content (AvgIpc) is 2.87. The third-order valence-corrected chi connectivity index (χ3v) is 10.2.